The molecule has 1 unspecified atom stereocenters. The van der Waals surface area contributed by atoms with E-state index in [1.54, 1.807) is 43.4 Å². The first kappa shape index (κ1) is 23.2. The van der Waals surface area contributed by atoms with E-state index in [9.17, 15) is 17.6 Å². The van der Waals surface area contributed by atoms with Crippen molar-refractivity contribution in [2.24, 2.45) is 5.92 Å². The van der Waals surface area contributed by atoms with Gasteiger partial charge in [-0.15, -0.1) is 0 Å². The molecule has 6 nitrogen and oxygen atoms in total. The third kappa shape index (κ3) is 5.25. The quantitative estimate of drug-likeness (QED) is 0.649. The molecule has 1 heterocycles. The smallest absolute Gasteiger partial charge is 0.243 e. The van der Waals surface area contributed by atoms with Gasteiger partial charge < -0.3 is 9.64 Å². The molecule has 0 spiro atoms. The van der Waals surface area contributed by atoms with E-state index in [0.717, 1.165) is 5.56 Å². The van der Waals surface area contributed by atoms with Crippen LogP contribution in [-0.2, 0) is 21.4 Å². The molecule has 1 fully saturated rings. The van der Waals surface area contributed by atoms with Crippen molar-refractivity contribution in [3.63, 3.8) is 0 Å². The Balaban J connectivity index is 1.72. The number of hydrogen-bond acceptors (Lipinski definition) is 4. The third-order valence-corrected chi connectivity index (χ3v) is 7.42. The molecule has 2 aromatic carbocycles. The zero-order valence-corrected chi connectivity index (χ0v) is 19.0. The number of piperidine rings is 1. The van der Waals surface area contributed by atoms with E-state index >= 15 is 0 Å². The minimum atomic E-state index is -3.73. The zero-order chi connectivity index (χ0) is 22.6. The average molecular weight is 449 g/mol. The first-order valence-corrected chi connectivity index (χ1v) is 11.9. The SMILES string of the molecule is CCOc1ccc(S(=O)(=O)N2CCCC(C(=O)N(C)Cc3ccccc3F)C2)cc1C. The molecule has 0 radical (unpaired) electrons. The number of amides is 1. The van der Waals surface area contributed by atoms with Crippen molar-refractivity contribution < 1.29 is 22.3 Å². The summed E-state index contributed by atoms with van der Waals surface area (Å²) < 4.78 is 47.2. The number of halogens is 1. The molecular weight excluding hydrogens is 419 g/mol. The lowest BCUT2D eigenvalue weighted by Crippen LogP contribution is -2.45. The minimum Gasteiger partial charge on any atom is -0.494 e. The molecule has 2 aromatic rings. The Labute approximate surface area is 183 Å². The summed E-state index contributed by atoms with van der Waals surface area (Å²) in [7, 11) is -2.10. The highest BCUT2D eigenvalue weighted by molar-refractivity contribution is 7.89. The number of hydrogen-bond donors (Lipinski definition) is 0. The van der Waals surface area contributed by atoms with Crippen LogP contribution in [0.25, 0.3) is 0 Å². The van der Waals surface area contributed by atoms with Crippen LogP contribution in [0.2, 0.25) is 0 Å². The van der Waals surface area contributed by atoms with Crippen molar-refractivity contribution in [2.75, 3.05) is 26.7 Å². The Kier molecular flexibility index (Phi) is 7.33. The number of carbonyl (C=O) groups excluding carboxylic acids is 1. The lowest BCUT2D eigenvalue weighted by Gasteiger charge is -2.33. The molecule has 168 valence electrons. The fourth-order valence-corrected chi connectivity index (χ4v) is 5.49. The second-order valence-electron chi connectivity index (χ2n) is 7.85. The molecule has 1 amide bonds. The van der Waals surface area contributed by atoms with E-state index < -0.39 is 15.9 Å². The number of aryl methyl sites for hydroxylation is 1. The van der Waals surface area contributed by atoms with Gasteiger partial charge in [0.2, 0.25) is 15.9 Å². The number of carbonyl (C=O) groups is 1. The van der Waals surface area contributed by atoms with Gasteiger partial charge in [0.25, 0.3) is 0 Å². The highest BCUT2D eigenvalue weighted by Crippen LogP contribution is 2.28. The first-order chi connectivity index (χ1) is 14.7. The van der Waals surface area contributed by atoms with Gasteiger partial charge in [0.05, 0.1) is 17.4 Å². The van der Waals surface area contributed by atoms with Gasteiger partial charge in [-0.3, -0.25) is 4.79 Å². The molecule has 31 heavy (non-hydrogen) atoms. The van der Waals surface area contributed by atoms with Crippen LogP contribution in [-0.4, -0.2) is 50.3 Å². The number of ether oxygens (including phenoxy) is 1. The highest BCUT2D eigenvalue weighted by Gasteiger charge is 2.34. The lowest BCUT2D eigenvalue weighted by molar-refractivity contribution is -0.135. The normalized spacial score (nSPS) is 17.4. The van der Waals surface area contributed by atoms with Gasteiger partial charge in [-0.1, -0.05) is 18.2 Å². The average Bonchev–Trinajstić information content (AvgIpc) is 2.76. The second kappa shape index (κ2) is 9.78. The Hall–Kier alpha value is -2.45. The molecular formula is C23H29FN2O4S. The van der Waals surface area contributed by atoms with Crippen LogP contribution >= 0.6 is 0 Å². The fraction of sp³-hybridized carbons (Fsp3) is 0.435. The van der Waals surface area contributed by atoms with Gasteiger partial charge >= 0.3 is 0 Å². The molecule has 0 bridgehead atoms. The van der Waals surface area contributed by atoms with Crippen molar-refractivity contribution in [3.8, 4) is 5.75 Å². The summed E-state index contributed by atoms with van der Waals surface area (Å²) in [5.41, 5.74) is 1.18. The summed E-state index contributed by atoms with van der Waals surface area (Å²) >= 11 is 0. The minimum absolute atomic E-state index is 0.120. The number of rotatable bonds is 7. The van der Waals surface area contributed by atoms with Gasteiger partial charge in [0, 0.05) is 32.2 Å². The fourth-order valence-electron chi connectivity index (χ4n) is 3.88. The summed E-state index contributed by atoms with van der Waals surface area (Å²) in [5, 5.41) is 0. The van der Waals surface area contributed by atoms with Crippen LogP contribution in [0.4, 0.5) is 4.39 Å². The Morgan fingerprint density at radius 1 is 1.26 bits per heavy atom. The molecule has 1 atom stereocenters. The molecule has 1 aliphatic heterocycles. The van der Waals surface area contributed by atoms with Crippen molar-refractivity contribution in [1.29, 1.82) is 0 Å². The lowest BCUT2D eigenvalue weighted by atomic mass is 9.98. The summed E-state index contributed by atoms with van der Waals surface area (Å²) in [6.07, 6.45) is 1.20. The van der Waals surface area contributed by atoms with Gasteiger partial charge in [-0.05, 0) is 56.5 Å². The van der Waals surface area contributed by atoms with Crippen LogP contribution in [0, 0.1) is 18.7 Å². The van der Waals surface area contributed by atoms with Crippen LogP contribution < -0.4 is 4.74 Å². The molecule has 0 saturated carbocycles. The van der Waals surface area contributed by atoms with Crippen molar-refractivity contribution in [1.82, 2.24) is 9.21 Å². The highest BCUT2D eigenvalue weighted by atomic mass is 32.2. The van der Waals surface area contributed by atoms with Crippen molar-refractivity contribution in [2.45, 2.75) is 38.1 Å². The van der Waals surface area contributed by atoms with Gasteiger partial charge in [-0.25, -0.2) is 12.8 Å². The van der Waals surface area contributed by atoms with E-state index in [1.165, 1.54) is 15.3 Å². The Morgan fingerprint density at radius 3 is 2.68 bits per heavy atom. The summed E-state index contributed by atoms with van der Waals surface area (Å²) in [6.45, 7) is 4.82. The van der Waals surface area contributed by atoms with Crippen LogP contribution in [0.3, 0.4) is 0 Å². The van der Waals surface area contributed by atoms with Crippen LogP contribution in [0.15, 0.2) is 47.4 Å². The van der Waals surface area contributed by atoms with E-state index in [0.29, 0.717) is 37.3 Å². The van der Waals surface area contributed by atoms with E-state index in [1.807, 2.05) is 13.8 Å². The summed E-state index contributed by atoms with van der Waals surface area (Å²) in [6, 6.07) is 11.2. The van der Waals surface area contributed by atoms with Crippen LogP contribution in [0.5, 0.6) is 5.75 Å². The maximum atomic E-state index is 13.9. The zero-order valence-electron chi connectivity index (χ0n) is 18.2. The van der Waals surface area contributed by atoms with Gasteiger partial charge in [-0.2, -0.15) is 4.31 Å². The Bertz CT molecular complexity index is 1040. The molecule has 0 aliphatic carbocycles. The second-order valence-corrected chi connectivity index (χ2v) is 9.79. The molecule has 8 heteroatoms. The number of sulfonamides is 1. The number of benzene rings is 2. The van der Waals surface area contributed by atoms with E-state index in [2.05, 4.69) is 0 Å². The summed E-state index contributed by atoms with van der Waals surface area (Å²) in [5.74, 6) is -0.334. The molecule has 1 aliphatic rings. The standard InChI is InChI=1S/C23H29FN2O4S/c1-4-30-22-12-11-20(14-17(22)2)31(28,29)26-13-7-9-19(16-26)23(27)25(3)15-18-8-5-6-10-21(18)24/h5-6,8,10-12,14,19H,4,7,9,13,15-16H2,1-3H3. The molecule has 3 rings (SSSR count). The van der Waals surface area contributed by atoms with Gasteiger partial charge in [0.15, 0.2) is 0 Å². The van der Waals surface area contributed by atoms with Crippen molar-refractivity contribution >= 4 is 15.9 Å². The maximum Gasteiger partial charge on any atom is 0.243 e. The van der Waals surface area contributed by atoms with E-state index in [4.69, 9.17) is 4.74 Å². The van der Waals surface area contributed by atoms with Crippen LogP contribution in [0.1, 0.15) is 30.9 Å². The predicted molar refractivity (Wildman–Crippen MR) is 117 cm³/mol. The van der Waals surface area contributed by atoms with E-state index in [-0.39, 0.29) is 29.7 Å². The third-order valence-electron chi connectivity index (χ3n) is 5.56. The maximum absolute atomic E-state index is 13.9. The van der Waals surface area contributed by atoms with Gasteiger partial charge in [0.1, 0.15) is 11.6 Å². The largest absolute Gasteiger partial charge is 0.494 e. The van der Waals surface area contributed by atoms with Crippen molar-refractivity contribution in [3.05, 3.63) is 59.4 Å². The predicted octanol–water partition coefficient (Wildman–Crippen LogP) is 3.59. The first-order valence-electron chi connectivity index (χ1n) is 10.5. The summed E-state index contributed by atoms with van der Waals surface area (Å²) in [4.78, 5) is 14.6. The topological polar surface area (TPSA) is 66.9 Å². The molecule has 0 N–H and O–H groups in total. The number of nitrogens with zero attached hydrogens (tertiary/aromatic N) is 2. The Morgan fingerprint density at radius 2 is 2.00 bits per heavy atom. The molecule has 0 aromatic heterocycles. The molecule has 1 saturated heterocycles. The monoisotopic (exact) mass is 448 g/mol.